The van der Waals surface area contributed by atoms with Crippen molar-refractivity contribution in [3.63, 3.8) is 0 Å². The van der Waals surface area contributed by atoms with Gasteiger partial charge >= 0.3 is 5.63 Å². The summed E-state index contributed by atoms with van der Waals surface area (Å²) in [5.41, 5.74) is -0.297. The molecule has 1 heterocycles. The molecule has 0 unspecified atom stereocenters. The van der Waals surface area contributed by atoms with E-state index >= 15 is 0 Å². The van der Waals surface area contributed by atoms with E-state index in [4.69, 9.17) is 14.3 Å². The number of methoxy groups -OCH3 is 1. The number of hydrogen-bond acceptors (Lipinski definition) is 5. The molecule has 0 spiro atoms. The third kappa shape index (κ3) is 2.15. The van der Waals surface area contributed by atoms with Crippen LogP contribution in [0, 0.1) is 0 Å². The lowest BCUT2D eigenvalue weighted by molar-refractivity contribution is 0.248. The molecule has 0 amide bonds. The molecule has 16 heavy (non-hydrogen) atoms. The molecule has 1 rings (SSSR count). The average Bonchev–Trinajstić information content (AvgIpc) is 2.28. The Morgan fingerprint density at radius 1 is 1.31 bits per heavy atom. The molecule has 88 valence electrons. The van der Waals surface area contributed by atoms with Gasteiger partial charge in [0.25, 0.3) is 0 Å². The molecular weight excluding hydrogens is 212 g/mol. The van der Waals surface area contributed by atoms with E-state index in [2.05, 4.69) is 0 Å². The van der Waals surface area contributed by atoms with Crippen LogP contribution in [0.5, 0.6) is 5.75 Å². The van der Waals surface area contributed by atoms with E-state index in [0.717, 1.165) is 0 Å². The van der Waals surface area contributed by atoms with Crippen LogP contribution in [0.3, 0.4) is 0 Å². The highest BCUT2D eigenvalue weighted by Crippen LogP contribution is 2.25. The van der Waals surface area contributed by atoms with Crippen LogP contribution in [-0.2, 0) is 13.2 Å². The summed E-state index contributed by atoms with van der Waals surface area (Å²) in [4.78, 5) is 11.5. The second-order valence-electron chi connectivity index (χ2n) is 3.06. The van der Waals surface area contributed by atoms with Crippen molar-refractivity contribution < 1.29 is 19.4 Å². The van der Waals surface area contributed by atoms with Crippen molar-refractivity contribution in [2.75, 3.05) is 7.11 Å². The summed E-state index contributed by atoms with van der Waals surface area (Å²) in [5, 5.41) is 18.2. The number of allylic oxidation sites excluding steroid dienone is 1. The standard InChI is InChI=1S/C11H14O5/c1-3-4-9-7(5-12)10(15-2)8(6-13)11(14)16-9/h3-4,12-13H,5-6H2,1-2H3. The number of rotatable bonds is 4. The molecule has 0 bridgehead atoms. The molecule has 0 atom stereocenters. The first-order valence-electron chi connectivity index (χ1n) is 4.76. The van der Waals surface area contributed by atoms with Gasteiger partial charge in [0.15, 0.2) is 0 Å². The Balaban J connectivity index is 3.56. The van der Waals surface area contributed by atoms with Crippen LogP contribution in [0.25, 0.3) is 6.08 Å². The molecular formula is C11H14O5. The maximum Gasteiger partial charge on any atom is 0.345 e. The normalized spacial score (nSPS) is 11.0. The largest absolute Gasteiger partial charge is 0.496 e. The lowest BCUT2D eigenvalue weighted by Crippen LogP contribution is -2.13. The topological polar surface area (TPSA) is 79.9 Å². The van der Waals surface area contributed by atoms with E-state index < -0.39 is 12.2 Å². The molecule has 0 fully saturated rings. The van der Waals surface area contributed by atoms with E-state index in [9.17, 15) is 9.90 Å². The molecule has 5 heteroatoms. The minimum absolute atomic E-state index is 0.0137. The van der Waals surface area contributed by atoms with Crippen molar-refractivity contribution in [2.45, 2.75) is 20.1 Å². The van der Waals surface area contributed by atoms with Crippen LogP contribution in [0.15, 0.2) is 15.3 Å². The molecule has 0 aliphatic carbocycles. The zero-order chi connectivity index (χ0) is 12.1. The van der Waals surface area contributed by atoms with Crippen LogP contribution >= 0.6 is 0 Å². The lowest BCUT2D eigenvalue weighted by Gasteiger charge is -2.11. The van der Waals surface area contributed by atoms with E-state index in [-0.39, 0.29) is 23.7 Å². The smallest absolute Gasteiger partial charge is 0.345 e. The molecule has 1 aromatic rings. The molecule has 0 radical (unpaired) electrons. The molecule has 0 aliphatic heterocycles. The van der Waals surface area contributed by atoms with Crippen molar-refractivity contribution in [1.29, 1.82) is 0 Å². The summed E-state index contributed by atoms with van der Waals surface area (Å²) in [6.07, 6.45) is 3.23. The predicted molar refractivity (Wildman–Crippen MR) is 58.1 cm³/mol. The fourth-order valence-corrected chi connectivity index (χ4v) is 1.43. The first-order valence-corrected chi connectivity index (χ1v) is 4.76. The summed E-state index contributed by atoms with van der Waals surface area (Å²) in [6.45, 7) is 0.932. The van der Waals surface area contributed by atoms with Crippen LogP contribution in [0.2, 0.25) is 0 Å². The third-order valence-corrected chi connectivity index (χ3v) is 2.13. The maximum absolute atomic E-state index is 11.5. The van der Waals surface area contributed by atoms with Gasteiger partial charge < -0.3 is 19.4 Å². The Kier molecular flexibility index (Phi) is 4.28. The fraction of sp³-hybridized carbons (Fsp3) is 0.364. The highest BCUT2D eigenvalue weighted by atomic mass is 16.5. The Morgan fingerprint density at radius 2 is 1.94 bits per heavy atom. The molecule has 2 N–H and O–H groups in total. The van der Waals surface area contributed by atoms with Gasteiger partial charge in [0.1, 0.15) is 17.1 Å². The second-order valence-corrected chi connectivity index (χ2v) is 3.06. The van der Waals surface area contributed by atoms with Gasteiger partial charge in [-0.1, -0.05) is 6.08 Å². The monoisotopic (exact) mass is 226 g/mol. The second kappa shape index (κ2) is 5.48. The average molecular weight is 226 g/mol. The van der Waals surface area contributed by atoms with E-state index in [1.54, 1.807) is 19.1 Å². The van der Waals surface area contributed by atoms with Crippen LogP contribution in [-0.4, -0.2) is 17.3 Å². The van der Waals surface area contributed by atoms with Gasteiger partial charge in [-0.25, -0.2) is 4.79 Å². The van der Waals surface area contributed by atoms with E-state index in [1.165, 1.54) is 7.11 Å². The quantitative estimate of drug-likeness (QED) is 0.788. The Hall–Kier alpha value is -1.59. The number of aliphatic hydroxyl groups excluding tert-OH is 2. The van der Waals surface area contributed by atoms with Gasteiger partial charge in [-0.15, -0.1) is 0 Å². The van der Waals surface area contributed by atoms with Gasteiger partial charge in [-0.2, -0.15) is 0 Å². The number of hydrogen-bond donors (Lipinski definition) is 2. The highest BCUT2D eigenvalue weighted by molar-refractivity contribution is 5.53. The zero-order valence-electron chi connectivity index (χ0n) is 9.19. The van der Waals surface area contributed by atoms with Crippen molar-refractivity contribution in [2.24, 2.45) is 0 Å². The zero-order valence-corrected chi connectivity index (χ0v) is 9.19. The molecule has 0 aliphatic rings. The Labute approximate surface area is 92.6 Å². The van der Waals surface area contributed by atoms with Crippen LogP contribution < -0.4 is 10.4 Å². The van der Waals surface area contributed by atoms with Crippen molar-refractivity contribution >= 4 is 6.08 Å². The van der Waals surface area contributed by atoms with Gasteiger partial charge in [-0.05, 0) is 13.0 Å². The summed E-state index contributed by atoms with van der Waals surface area (Å²) in [5.74, 6) is 0.415. The number of aliphatic hydroxyl groups is 2. The van der Waals surface area contributed by atoms with Gasteiger partial charge in [0.05, 0.1) is 25.9 Å². The van der Waals surface area contributed by atoms with Crippen LogP contribution in [0.4, 0.5) is 0 Å². The summed E-state index contributed by atoms with van der Waals surface area (Å²) in [7, 11) is 1.37. The van der Waals surface area contributed by atoms with Gasteiger partial charge in [-0.3, -0.25) is 0 Å². The maximum atomic E-state index is 11.5. The summed E-state index contributed by atoms with van der Waals surface area (Å²) < 4.78 is 9.97. The molecule has 0 aromatic carbocycles. The molecule has 0 saturated carbocycles. The van der Waals surface area contributed by atoms with Crippen molar-refractivity contribution in [1.82, 2.24) is 0 Å². The highest BCUT2D eigenvalue weighted by Gasteiger charge is 2.17. The summed E-state index contributed by atoms with van der Waals surface area (Å²) >= 11 is 0. The van der Waals surface area contributed by atoms with Crippen LogP contribution in [0.1, 0.15) is 23.8 Å². The van der Waals surface area contributed by atoms with Crippen molar-refractivity contribution in [3.05, 3.63) is 33.4 Å². The minimum Gasteiger partial charge on any atom is -0.496 e. The SMILES string of the molecule is CC=Cc1oc(=O)c(CO)c(OC)c1CO. The number of ether oxygens (including phenoxy) is 1. The van der Waals surface area contributed by atoms with Gasteiger partial charge in [0, 0.05) is 0 Å². The third-order valence-electron chi connectivity index (χ3n) is 2.13. The lowest BCUT2D eigenvalue weighted by atomic mass is 10.1. The first kappa shape index (κ1) is 12.5. The van der Waals surface area contributed by atoms with Crippen molar-refractivity contribution in [3.8, 4) is 5.75 Å². The minimum atomic E-state index is -0.662. The molecule has 1 aromatic heterocycles. The van der Waals surface area contributed by atoms with E-state index in [1.807, 2.05) is 0 Å². The Bertz CT molecular complexity index is 444. The first-order chi connectivity index (χ1) is 7.69. The van der Waals surface area contributed by atoms with E-state index in [0.29, 0.717) is 5.56 Å². The Morgan fingerprint density at radius 3 is 2.38 bits per heavy atom. The summed E-state index contributed by atoms with van der Waals surface area (Å²) in [6, 6.07) is 0. The predicted octanol–water partition coefficient (Wildman–Crippen LogP) is 0.666. The fourth-order valence-electron chi connectivity index (χ4n) is 1.43. The molecule has 0 saturated heterocycles. The van der Waals surface area contributed by atoms with Gasteiger partial charge in [0.2, 0.25) is 0 Å². The molecule has 5 nitrogen and oxygen atoms in total.